The topological polar surface area (TPSA) is 92.4 Å². The number of rotatable bonds is 10. The van der Waals surface area contributed by atoms with Crippen molar-refractivity contribution in [3.05, 3.63) is 30.3 Å². The van der Waals surface area contributed by atoms with Crippen LogP contribution in [0.1, 0.15) is 64.7 Å². The van der Waals surface area contributed by atoms with Crippen LogP contribution in [0.2, 0.25) is 0 Å². The molecule has 0 radical (unpaired) electrons. The van der Waals surface area contributed by atoms with Crippen LogP contribution >= 0.6 is 0 Å². The second-order valence-corrected chi connectivity index (χ2v) is 10.8. The van der Waals surface area contributed by atoms with E-state index in [2.05, 4.69) is 21.1 Å². The number of benzene rings is 1. The summed E-state index contributed by atoms with van der Waals surface area (Å²) in [4.78, 5) is 34.1. The maximum Gasteiger partial charge on any atom is 0.324 e. The number of amides is 1. The maximum atomic E-state index is 13.1. The number of hydrogen-bond acceptors (Lipinski definition) is 6. The molecule has 0 atom stereocenters. The van der Waals surface area contributed by atoms with Gasteiger partial charge in [0, 0.05) is 31.3 Å². The number of carbonyl (C=O) groups is 2. The number of anilines is 2. The van der Waals surface area contributed by atoms with Crippen LogP contribution in [0.5, 0.6) is 0 Å². The highest BCUT2D eigenvalue weighted by Crippen LogP contribution is 2.61. The molecule has 0 aliphatic heterocycles. The molecule has 1 heterocycles. The highest BCUT2D eigenvalue weighted by molar-refractivity contribution is 6.01. The number of hydroxylamine groups is 1. The minimum Gasteiger partial charge on any atom is -0.371 e. The zero-order valence-corrected chi connectivity index (χ0v) is 20.1. The number of hydrogen-bond donors (Lipinski definition) is 3. The molecule has 4 saturated carbocycles. The van der Waals surface area contributed by atoms with Crippen LogP contribution in [-0.2, 0) is 14.4 Å². The van der Waals surface area contributed by atoms with E-state index < -0.39 is 0 Å². The molecule has 7 heteroatoms. The molecule has 4 bridgehead atoms. The largest absolute Gasteiger partial charge is 0.371 e. The van der Waals surface area contributed by atoms with Crippen LogP contribution < -0.4 is 16.1 Å². The third-order valence-corrected chi connectivity index (χ3v) is 7.88. The predicted octanol–water partition coefficient (Wildman–Crippen LogP) is 5.04. The smallest absolute Gasteiger partial charge is 0.324 e. The Morgan fingerprint density at radius 1 is 1.03 bits per heavy atom. The van der Waals surface area contributed by atoms with Gasteiger partial charge in [-0.2, -0.15) is 5.48 Å². The maximum absolute atomic E-state index is 13.1. The van der Waals surface area contributed by atoms with Crippen LogP contribution in [-0.4, -0.2) is 29.9 Å². The Morgan fingerprint density at radius 3 is 2.47 bits per heavy atom. The lowest BCUT2D eigenvalue weighted by molar-refractivity contribution is -0.150. The van der Waals surface area contributed by atoms with Crippen LogP contribution in [0.4, 0.5) is 11.5 Å². The molecule has 4 aliphatic rings. The van der Waals surface area contributed by atoms with Gasteiger partial charge >= 0.3 is 5.97 Å². The van der Waals surface area contributed by atoms with Gasteiger partial charge in [-0.3, -0.25) is 9.59 Å². The fraction of sp³-hybridized carbons (Fsp3) is 0.593. The number of carbonyl (C=O) groups excluding carboxylic acids is 2. The lowest BCUT2D eigenvalue weighted by Crippen LogP contribution is -2.47. The van der Waals surface area contributed by atoms with Gasteiger partial charge in [-0.25, -0.2) is 4.98 Å². The number of fused-ring (bicyclic) bond motifs is 1. The SMILES string of the molecule is CCCC(=O)ONCCNc1ccc2c(NC(=O)CC34CC5CC(CC(C5)C3)C4)cccc2n1. The second-order valence-electron chi connectivity index (χ2n) is 10.8. The minimum atomic E-state index is -0.246. The molecule has 0 unspecified atom stereocenters. The van der Waals surface area contributed by atoms with Crippen molar-refractivity contribution in [2.24, 2.45) is 23.2 Å². The van der Waals surface area contributed by atoms with E-state index in [1.807, 2.05) is 37.3 Å². The van der Waals surface area contributed by atoms with Crippen molar-refractivity contribution < 1.29 is 14.4 Å². The molecule has 1 amide bonds. The third-order valence-electron chi connectivity index (χ3n) is 7.88. The summed E-state index contributed by atoms with van der Waals surface area (Å²) in [5.41, 5.74) is 4.57. The zero-order chi connectivity index (χ0) is 23.5. The molecule has 0 saturated heterocycles. The molecule has 6 rings (SSSR count). The predicted molar refractivity (Wildman–Crippen MR) is 133 cm³/mol. The van der Waals surface area contributed by atoms with E-state index in [1.165, 1.54) is 38.5 Å². The van der Waals surface area contributed by atoms with Crippen LogP contribution in [0.15, 0.2) is 30.3 Å². The van der Waals surface area contributed by atoms with E-state index in [0.29, 0.717) is 25.9 Å². The van der Waals surface area contributed by atoms with Crippen LogP contribution in [0.3, 0.4) is 0 Å². The fourth-order valence-electron chi connectivity index (χ4n) is 7.03. The quantitative estimate of drug-likeness (QED) is 0.337. The molecule has 182 valence electrons. The highest BCUT2D eigenvalue weighted by Gasteiger charge is 2.51. The molecule has 1 aromatic heterocycles. The first-order valence-corrected chi connectivity index (χ1v) is 12.9. The van der Waals surface area contributed by atoms with E-state index in [-0.39, 0.29) is 17.3 Å². The van der Waals surface area contributed by atoms with Gasteiger partial charge in [0.2, 0.25) is 5.91 Å². The molecular formula is C27H36N4O3. The first-order chi connectivity index (χ1) is 16.5. The Bertz CT molecular complexity index is 1020. The standard InChI is InChI=1S/C27H36N4O3/c1-2-4-26(33)34-29-10-9-28-24-8-7-21-22(30-24)5-3-6-23(21)31-25(32)17-27-14-18-11-19(15-27)13-20(12-18)16-27/h3,5-8,18-20,29H,2,4,9-17H2,1H3,(H,28,30)(H,31,32). The molecular weight excluding hydrogens is 428 g/mol. The Kier molecular flexibility index (Phi) is 6.73. The molecule has 0 spiro atoms. The third kappa shape index (κ3) is 5.19. The zero-order valence-electron chi connectivity index (χ0n) is 20.1. The highest BCUT2D eigenvalue weighted by atomic mass is 16.7. The molecule has 34 heavy (non-hydrogen) atoms. The van der Waals surface area contributed by atoms with E-state index in [0.717, 1.165) is 46.6 Å². The second kappa shape index (κ2) is 9.90. The fourth-order valence-corrected chi connectivity index (χ4v) is 7.03. The lowest BCUT2D eigenvalue weighted by atomic mass is 9.49. The summed E-state index contributed by atoms with van der Waals surface area (Å²) in [5.74, 6) is 3.19. The Hall–Kier alpha value is -2.67. The van der Waals surface area contributed by atoms with Gasteiger partial charge in [-0.05, 0) is 92.4 Å². The molecule has 7 nitrogen and oxygen atoms in total. The summed E-state index contributed by atoms with van der Waals surface area (Å²) in [6, 6.07) is 9.78. The van der Waals surface area contributed by atoms with Gasteiger partial charge in [0.1, 0.15) is 5.82 Å². The first-order valence-electron chi connectivity index (χ1n) is 12.9. The summed E-state index contributed by atoms with van der Waals surface area (Å²) in [7, 11) is 0. The van der Waals surface area contributed by atoms with Crippen molar-refractivity contribution in [3.8, 4) is 0 Å². The van der Waals surface area contributed by atoms with E-state index in [4.69, 9.17) is 4.84 Å². The van der Waals surface area contributed by atoms with Crippen molar-refractivity contribution in [3.63, 3.8) is 0 Å². The Labute approximate surface area is 201 Å². The van der Waals surface area contributed by atoms with Crippen LogP contribution in [0.25, 0.3) is 10.9 Å². The number of nitrogens with one attached hydrogen (secondary N) is 3. The first kappa shape index (κ1) is 23.1. The van der Waals surface area contributed by atoms with Crippen molar-refractivity contribution in [2.75, 3.05) is 23.7 Å². The van der Waals surface area contributed by atoms with Gasteiger partial charge in [-0.1, -0.05) is 13.0 Å². The number of nitrogens with zero attached hydrogens (tertiary/aromatic N) is 1. The summed E-state index contributed by atoms with van der Waals surface area (Å²) < 4.78 is 0. The minimum absolute atomic E-state index is 0.139. The average Bonchev–Trinajstić information content (AvgIpc) is 2.78. The van der Waals surface area contributed by atoms with Gasteiger partial charge in [-0.15, -0.1) is 0 Å². The monoisotopic (exact) mass is 464 g/mol. The van der Waals surface area contributed by atoms with E-state index >= 15 is 0 Å². The Balaban J connectivity index is 1.17. The van der Waals surface area contributed by atoms with Crippen molar-refractivity contribution in [1.29, 1.82) is 0 Å². The molecule has 1 aromatic carbocycles. The molecule has 4 aliphatic carbocycles. The van der Waals surface area contributed by atoms with Crippen LogP contribution in [0, 0.1) is 23.2 Å². The van der Waals surface area contributed by atoms with Gasteiger partial charge < -0.3 is 15.5 Å². The molecule has 2 aromatic rings. The molecule has 3 N–H and O–H groups in total. The van der Waals surface area contributed by atoms with E-state index in [9.17, 15) is 9.59 Å². The van der Waals surface area contributed by atoms with Gasteiger partial charge in [0.05, 0.1) is 11.2 Å². The normalized spacial score (nSPS) is 27.0. The summed E-state index contributed by atoms with van der Waals surface area (Å²) in [6.45, 7) is 2.99. The summed E-state index contributed by atoms with van der Waals surface area (Å²) >= 11 is 0. The Morgan fingerprint density at radius 2 is 1.76 bits per heavy atom. The summed E-state index contributed by atoms with van der Waals surface area (Å²) in [5, 5.41) is 7.38. The number of aromatic nitrogens is 1. The number of pyridine rings is 1. The van der Waals surface area contributed by atoms with Crippen molar-refractivity contribution in [2.45, 2.75) is 64.7 Å². The van der Waals surface area contributed by atoms with Crippen molar-refractivity contribution >= 4 is 34.3 Å². The van der Waals surface area contributed by atoms with Gasteiger partial charge in [0.25, 0.3) is 0 Å². The lowest BCUT2D eigenvalue weighted by Gasteiger charge is -2.56. The van der Waals surface area contributed by atoms with Gasteiger partial charge in [0.15, 0.2) is 0 Å². The van der Waals surface area contributed by atoms with Crippen molar-refractivity contribution in [1.82, 2.24) is 10.5 Å². The average molecular weight is 465 g/mol. The van der Waals surface area contributed by atoms with E-state index in [1.54, 1.807) is 0 Å². The summed E-state index contributed by atoms with van der Waals surface area (Å²) in [6.07, 6.45) is 9.74. The molecule has 4 fully saturated rings.